The number of hydrogen-bond acceptors (Lipinski definition) is 4. The van der Waals surface area contributed by atoms with Crippen LogP contribution in [0.15, 0.2) is 52.1 Å². The van der Waals surface area contributed by atoms with E-state index in [1.54, 1.807) is 35.6 Å². The molecule has 1 atom stereocenters. The second-order valence-corrected chi connectivity index (χ2v) is 6.09. The Hall–Kier alpha value is -1.30. The molecule has 0 aliphatic rings. The smallest absolute Gasteiger partial charge is 0.329 e. The lowest BCUT2D eigenvalue weighted by atomic mass is 9.93. The summed E-state index contributed by atoms with van der Waals surface area (Å²) in [5, 5.41) is 11.3. The van der Waals surface area contributed by atoms with Gasteiger partial charge in [-0.25, -0.2) is 4.79 Å². The third kappa shape index (κ3) is 2.75. The molecule has 0 saturated carbocycles. The summed E-state index contributed by atoms with van der Waals surface area (Å²) >= 11 is 3.05. The van der Waals surface area contributed by atoms with Crippen molar-refractivity contribution in [3.05, 3.63) is 53.4 Å². The summed E-state index contributed by atoms with van der Waals surface area (Å²) < 4.78 is 1.07. The molecule has 3 nitrogen and oxygen atoms in total. The predicted octanol–water partition coefficient (Wildman–Crippen LogP) is 2.78. The molecular formula is C13H13NO2S2. The lowest BCUT2D eigenvalue weighted by molar-refractivity contribution is -0.142. The summed E-state index contributed by atoms with van der Waals surface area (Å²) in [6.07, 6.45) is 0. The van der Waals surface area contributed by atoms with Crippen molar-refractivity contribution >= 4 is 29.1 Å². The predicted molar refractivity (Wildman–Crippen MR) is 75.0 cm³/mol. The Bertz CT molecular complexity index is 513. The van der Waals surface area contributed by atoms with Gasteiger partial charge in [-0.05, 0) is 17.0 Å². The Morgan fingerprint density at radius 2 is 2.00 bits per heavy atom. The Morgan fingerprint density at radius 1 is 1.28 bits per heavy atom. The topological polar surface area (TPSA) is 63.3 Å². The fraction of sp³-hybridized carbons (Fsp3) is 0.154. The van der Waals surface area contributed by atoms with Crippen molar-refractivity contribution < 1.29 is 9.90 Å². The van der Waals surface area contributed by atoms with E-state index in [-0.39, 0.29) is 0 Å². The monoisotopic (exact) mass is 279 g/mol. The van der Waals surface area contributed by atoms with Crippen LogP contribution >= 0.6 is 23.1 Å². The van der Waals surface area contributed by atoms with Crippen LogP contribution in [0.3, 0.4) is 0 Å². The second-order valence-electron chi connectivity index (χ2n) is 3.86. The Balaban J connectivity index is 2.20. The Labute approximate surface area is 114 Å². The molecule has 1 aromatic carbocycles. The molecule has 1 heterocycles. The molecule has 0 spiro atoms. The third-order valence-corrected chi connectivity index (χ3v) is 4.93. The quantitative estimate of drug-likeness (QED) is 0.826. The molecule has 5 heteroatoms. The number of benzene rings is 1. The van der Waals surface area contributed by atoms with Crippen LogP contribution in [-0.4, -0.2) is 16.8 Å². The van der Waals surface area contributed by atoms with Crippen LogP contribution in [0.4, 0.5) is 0 Å². The first-order valence-corrected chi connectivity index (χ1v) is 7.23. The normalized spacial score (nSPS) is 14.1. The van der Waals surface area contributed by atoms with Crippen LogP contribution in [0.2, 0.25) is 0 Å². The highest BCUT2D eigenvalue weighted by Gasteiger charge is 2.36. The molecule has 0 aliphatic carbocycles. The number of rotatable bonds is 5. The lowest BCUT2D eigenvalue weighted by Crippen LogP contribution is -2.47. The van der Waals surface area contributed by atoms with Gasteiger partial charge in [0.25, 0.3) is 0 Å². The van der Waals surface area contributed by atoms with Gasteiger partial charge in [-0.3, -0.25) is 0 Å². The van der Waals surface area contributed by atoms with Gasteiger partial charge in [0, 0.05) is 5.75 Å². The summed E-state index contributed by atoms with van der Waals surface area (Å²) in [6.45, 7) is 0. The van der Waals surface area contributed by atoms with Crippen molar-refractivity contribution in [3.8, 4) is 0 Å². The lowest BCUT2D eigenvalue weighted by Gasteiger charge is -2.24. The van der Waals surface area contributed by atoms with Crippen LogP contribution in [0.1, 0.15) is 5.56 Å². The molecule has 3 N–H and O–H groups in total. The van der Waals surface area contributed by atoms with Crippen molar-refractivity contribution in [2.45, 2.75) is 9.75 Å². The molecule has 0 saturated heterocycles. The average Bonchev–Trinajstić information content (AvgIpc) is 2.90. The van der Waals surface area contributed by atoms with Gasteiger partial charge < -0.3 is 10.8 Å². The first-order chi connectivity index (χ1) is 8.63. The maximum absolute atomic E-state index is 11.4. The van der Waals surface area contributed by atoms with Gasteiger partial charge in [0.1, 0.15) is 5.54 Å². The number of thioether (sulfide) groups is 1. The molecule has 18 heavy (non-hydrogen) atoms. The third-order valence-electron chi connectivity index (χ3n) is 2.61. The van der Waals surface area contributed by atoms with Gasteiger partial charge in [-0.2, -0.15) is 0 Å². The standard InChI is InChI=1S/C13H13NO2S2/c14-13(12(15)16,10-5-2-1-3-6-10)9-18-11-7-4-8-17-11/h1-8H,9,14H2,(H,15,16). The molecule has 1 unspecified atom stereocenters. The molecule has 2 aromatic rings. The minimum atomic E-state index is -1.35. The van der Waals surface area contributed by atoms with Gasteiger partial charge >= 0.3 is 5.97 Å². The molecule has 0 fully saturated rings. The van der Waals surface area contributed by atoms with E-state index in [0.717, 1.165) is 4.21 Å². The van der Waals surface area contributed by atoms with Crippen molar-refractivity contribution in [3.63, 3.8) is 0 Å². The zero-order valence-electron chi connectivity index (χ0n) is 9.58. The van der Waals surface area contributed by atoms with Crippen molar-refractivity contribution in [2.75, 3.05) is 5.75 Å². The largest absolute Gasteiger partial charge is 0.480 e. The van der Waals surface area contributed by atoms with Crippen LogP contribution in [0.25, 0.3) is 0 Å². The van der Waals surface area contributed by atoms with E-state index in [1.165, 1.54) is 11.8 Å². The second kappa shape index (κ2) is 5.56. The van der Waals surface area contributed by atoms with Crippen LogP contribution in [0, 0.1) is 0 Å². The number of thiophene rings is 1. The molecule has 0 aliphatic heterocycles. The van der Waals surface area contributed by atoms with E-state index in [0.29, 0.717) is 11.3 Å². The first kappa shape index (κ1) is 13.1. The van der Waals surface area contributed by atoms with E-state index >= 15 is 0 Å². The van der Waals surface area contributed by atoms with E-state index in [2.05, 4.69) is 0 Å². The summed E-state index contributed by atoms with van der Waals surface area (Å²) in [7, 11) is 0. The molecule has 0 bridgehead atoms. The average molecular weight is 279 g/mol. The molecular weight excluding hydrogens is 266 g/mol. The molecule has 94 valence electrons. The highest BCUT2D eigenvalue weighted by molar-refractivity contribution is 8.01. The van der Waals surface area contributed by atoms with Gasteiger partial charge in [-0.15, -0.1) is 23.1 Å². The van der Waals surface area contributed by atoms with E-state index < -0.39 is 11.5 Å². The van der Waals surface area contributed by atoms with Crippen molar-refractivity contribution in [1.29, 1.82) is 0 Å². The van der Waals surface area contributed by atoms with Crippen LogP contribution in [0.5, 0.6) is 0 Å². The Kier molecular flexibility index (Phi) is 4.06. The summed E-state index contributed by atoms with van der Waals surface area (Å²) in [6, 6.07) is 12.9. The maximum atomic E-state index is 11.4. The highest BCUT2D eigenvalue weighted by Crippen LogP contribution is 2.30. The zero-order valence-corrected chi connectivity index (χ0v) is 11.2. The molecule has 1 aromatic heterocycles. The van der Waals surface area contributed by atoms with Gasteiger partial charge in [-0.1, -0.05) is 36.4 Å². The van der Waals surface area contributed by atoms with Crippen molar-refractivity contribution in [1.82, 2.24) is 0 Å². The fourth-order valence-corrected chi connectivity index (χ4v) is 3.43. The fourth-order valence-electron chi connectivity index (χ4n) is 1.53. The SMILES string of the molecule is NC(CSc1cccs1)(C(=O)O)c1ccccc1. The number of aliphatic carboxylic acids is 1. The number of carboxylic acids is 1. The zero-order chi connectivity index (χ0) is 13.0. The number of carbonyl (C=O) groups is 1. The Morgan fingerprint density at radius 3 is 2.56 bits per heavy atom. The van der Waals surface area contributed by atoms with E-state index in [4.69, 9.17) is 5.73 Å². The molecule has 0 amide bonds. The number of nitrogens with two attached hydrogens (primary N) is 1. The number of carboxylic acid groups (broad SMARTS) is 1. The molecule has 2 rings (SSSR count). The van der Waals surface area contributed by atoms with Crippen LogP contribution < -0.4 is 5.73 Å². The number of hydrogen-bond donors (Lipinski definition) is 2. The maximum Gasteiger partial charge on any atom is 0.329 e. The summed E-state index contributed by atoms with van der Waals surface area (Å²) in [5.41, 5.74) is 5.34. The summed E-state index contributed by atoms with van der Waals surface area (Å²) in [5.74, 6) is -0.690. The van der Waals surface area contributed by atoms with Crippen LogP contribution in [-0.2, 0) is 10.3 Å². The van der Waals surface area contributed by atoms with E-state index in [9.17, 15) is 9.90 Å². The molecule has 0 radical (unpaired) electrons. The van der Waals surface area contributed by atoms with E-state index in [1.807, 2.05) is 23.6 Å². The van der Waals surface area contributed by atoms with Gasteiger partial charge in [0.05, 0.1) is 4.21 Å². The van der Waals surface area contributed by atoms with Crippen molar-refractivity contribution in [2.24, 2.45) is 5.73 Å². The first-order valence-electron chi connectivity index (χ1n) is 5.37. The highest BCUT2D eigenvalue weighted by atomic mass is 32.2. The minimum Gasteiger partial charge on any atom is -0.480 e. The van der Waals surface area contributed by atoms with Gasteiger partial charge in [0.15, 0.2) is 0 Å². The van der Waals surface area contributed by atoms with Gasteiger partial charge in [0.2, 0.25) is 0 Å². The minimum absolute atomic E-state index is 0.312. The summed E-state index contributed by atoms with van der Waals surface area (Å²) in [4.78, 5) is 11.4.